The Balaban J connectivity index is 2.14. The van der Waals surface area contributed by atoms with E-state index in [1.54, 1.807) is 0 Å². The first-order chi connectivity index (χ1) is 6.27. The molecule has 1 fully saturated rings. The number of piperidine rings is 1. The number of halogens is 1. The molecule has 72 valence electrons. The summed E-state index contributed by atoms with van der Waals surface area (Å²) in [7, 11) is 0. The van der Waals surface area contributed by atoms with Gasteiger partial charge in [-0.3, -0.25) is 4.68 Å². The van der Waals surface area contributed by atoms with Crippen molar-refractivity contribution in [2.45, 2.75) is 25.8 Å². The third-order valence-electron chi connectivity index (χ3n) is 2.50. The van der Waals surface area contributed by atoms with Crippen LogP contribution >= 0.6 is 11.6 Å². The van der Waals surface area contributed by atoms with E-state index in [4.69, 9.17) is 11.6 Å². The van der Waals surface area contributed by atoms with Gasteiger partial charge in [0.15, 0.2) is 0 Å². The van der Waals surface area contributed by atoms with Gasteiger partial charge in [-0.25, -0.2) is 0 Å². The first-order valence-electron chi connectivity index (χ1n) is 4.69. The predicted molar refractivity (Wildman–Crippen MR) is 53.1 cm³/mol. The molecule has 2 rings (SSSR count). The quantitative estimate of drug-likeness (QED) is 0.747. The summed E-state index contributed by atoms with van der Waals surface area (Å²) in [5, 5.41) is 8.51. The van der Waals surface area contributed by atoms with E-state index in [-0.39, 0.29) is 0 Å². The Labute approximate surface area is 83.1 Å². The summed E-state index contributed by atoms with van der Waals surface area (Å²) in [4.78, 5) is 0. The minimum Gasteiger partial charge on any atom is -0.315 e. The molecular weight excluding hydrogens is 186 g/mol. The van der Waals surface area contributed by atoms with Crippen molar-refractivity contribution in [2.75, 3.05) is 13.1 Å². The Morgan fingerprint density at radius 2 is 2.54 bits per heavy atom. The molecule has 0 spiro atoms. The maximum Gasteiger partial charge on any atom is 0.0815 e. The summed E-state index contributed by atoms with van der Waals surface area (Å²) in [6.45, 7) is 4.08. The van der Waals surface area contributed by atoms with E-state index in [2.05, 4.69) is 10.4 Å². The van der Waals surface area contributed by atoms with Crippen LogP contribution in [0.3, 0.4) is 0 Å². The number of hydrogen-bond acceptors (Lipinski definition) is 2. The highest BCUT2D eigenvalue weighted by Crippen LogP contribution is 2.20. The maximum atomic E-state index is 5.94. The zero-order valence-corrected chi connectivity index (χ0v) is 8.51. The molecule has 0 radical (unpaired) electrons. The van der Waals surface area contributed by atoms with Crippen LogP contribution in [0, 0.1) is 6.92 Å². The van der Waals surface area contributed by atoms with Crippen LogP contribution in [0.1, 0.15) is 24.6 Å². The normalized spacial score (nSPS) is 23.4. The number of nitrogens with zero attached hydrogens (tertiary/aromatic N) is 2. The van der Waals surface area contributed by atoms with E-state index >= 15 is 0 Å². The molecule has 1 aliphatic rings. The number of aromatic nitrogens is 2. The van der Waals surface area contributed by atoms with Gasteiger partial charge in [-0.15, -0.1) is 0 Å². The van der Waals surface area contributed by atoms with Gasteiger partial charge in [0.2, 0.25) is 0 Å². The lowest BCUT2D eigenvalue weighted by molar-refractivity contribution is 0.346. The molecule has 0 amide bonds. The van der Waals surface area contributed by atoms with Crippen molar-refractivity contribution < 1.29 is 0 Å². The van der Waals surface area contributed by atoms with Crippen LogP contribution in [0.5, 0.6) is 0 Å². The van der Waals surface area contributed by atoms with Crippen LogP contribution in [0.25, 0.3) is 0 Å². The van der Waals surface area contributed by atoms with Crippen molar-refractivity contribution in [1.82, 2.24) is 15.1 Å². The molecule has 0 aliphatic carbocycles. The van der Waals surface area contributed by atoms with Crippen molar-refractivity contribution in [2.24, 2.45) is 0 Å². The number of nitrogens with one attached hydrogen (secondary N) is 1. The van der Waals surface area contributed by atoms with Crippen LogP contribution in [0.2, 0.25) is 5.02 Å². The highest BCUT2D eigenvalue weighted by atomic mass is 35.5. The number of hydrogen-bond donors (Lipinski definition) is 1. The van der Waals surface area contributed by atoms with Crippen molar-refractivity contribution in [3.63, 3.8) is 0 Å². The van der Waals surface area contributed by atoms with Gasteiger partial charge < -0.3 is 5.32 Å². The monoisotopic (exact) mass is 199 g/mol. The first-order valence-corrected chi connectivity index (χ1v) is 5.07. The lowest BCUT2D eigenvalue weighted by Crippen LogP contribution is -2.31. The van der Waals surface area contributed by atoms with Crippen LogP contribution in [-0.4, -0.2) is 22.9 Å². The molecule has 13 heavy (non-hydrogen) atoms. The third kappa shape index (κ3) is 1.86. The zero-order chi connectivity index (χ0) is 9.26. The van der Waals surface area contributed by atoms with Crippen LogP contribution < -0.4 is 5.32 Å². The summed E-state index contributed by atoms with van der Waals surface area (Å²) in [6, 6.07) is 0.486. The zero-order valence-electron chi connectivity index (χ0n) is 7.76. The average molecular weight is 200 g/mol. The molecule has 0 saturated carbocycles. The molecule has 1 aliphatic heterocycles. The van der Waals surface area contributed by atoms with Crippen LogP contribution in [0.4, 0.5) is 0 Å². The summed E-state index contributed by atoms with van der Waals surface area (Å²) in [5.41, 5.74) is 0.923. The Bertz CT molecular complexity index is 270. The summed E-state index contributed by atoms with van der Waals surface area (Å²) in [6.07, 6.45) is 4.35. The minimum absolute atomic E-state index is 0.486. The standard InChI is InChI=1S/C9H14ClN3/c1-7-9(10)6-13(12-7)8-3-2-4-11-5-8/h6,8,11H,2-5H2,1H3. The first kappa shape index (κ1) is 9.03. The summed E-state index contributed by atoms with van der Waals surface area (Å²) in [5.74, 6) is 0. The topological polar surface area (TPSA) is 29.9 Å². The Morgan fingerprint density at radius 3 is 3.08 bits per heavy atom. The Kier molecular flexibility index (Phi) is 2.56. The average Bonchev–Trinajstić information content (AvgIpc) is 2.49. The fraction of sp³-hybridized carbons (Fsp3) is 0.667. The lowest BCUT2D eigenvalue weighted by Gasteiger charge is -2.22. The molecule has 1 atom stereocenters. The van der Waals surface area contributed by atoms with Gasteiger partial charge >= 0.3 is 0 Å². The SMILES string of the molecule is Cc1nn(C2CCCNC2)cc1Cl. The smallest absolute Gasteiger partial charge is 0.0815 e. The van der Waals surface area contributed by atoms with Gasteiger partial charge in [0, 0.05) is 12.7 Å². The Hall–Kier alpha value is -0.540. The number of rotatable bonds is 1. The molecule has 1 N–H and O–H groups in total. The van der Waals surface area contributed by atoms with Crippen molar-refractivity contribution in [3.05, 3.63) is 16.9 Å². The highest BCUT2D eigenvalue weighted by molar-refractivity contribution is 6.31. The fourth-order valence-electron chi connectivity index (χ4n) is 1.71. The van der Waals surface area contributed by atoms with Crippen molar-refractivity contribution in [1.29, 1.82) is 0 Å². The third-order valence-corrected chi connectivity index (χ3v) is 2.87. The Morgan fingerprint density at radius 1 is 1.69 bits per heavy atom. The van der Waals surface area contributed by atoms with Gasteiger partial charge in [0.1, 0.15) is 0 Å². The molecule has 1 aromatic heterocycles. The van der Waals surface area contributed by atoms with Gasteiger partial charge in [-0.1, -0.05) is 11.6 Å². The molecule has 0 bridgehead atoms. The van der Waals surface area contributed by atoms with E-state index in [1.807, 2.05) is 17.8 Å². The van der Waals surface area contributed by atoms with Gasteiger partial charge in [-0.2, -0.15) is 5.10 Å². The van der Waals surface area contributed by atoms with E-state index in [0.717, 1.165) is 23.8 Å². The second-order valence-corrected chi connectivity index (χ2v) is 3.95. The largest absolute Gasteiger partial charge is 0.315 e. The second kappa shape index (κ2) is 3.68. The maximum absolute atomic E-state index is 5.94. The molecule has 3 nitrogen and oxygen atoms in total. The van der Waals surface area contributed by atoms with Gasteiger partial charge in [0.25, 0.3) is 0 Å². The molecule has 4 heteroatoms. The molecule has 1 unspecified atom stereocenters. The van der Waals surface area contributed by atoms with E-state index in [0.29, 0.717) is 6.04 Å². The van der Waals surface area contributed by atoms with Gasteiger partial charge in [-0.05, 0) is 26.3 Å². The van der Waals surface area contributed by atoms with Crippen molar-refractivity contribution in [3.8, 4) is 0 Å². The lowest BCUT2D eigenvalue weighted by atomic mass is 10.1. The molecule has 1 aromatic rings. The highest BCUT2D eigenvalue weighted by Gasteiger charge is 2.16. The van der Waals surface area contributed by atoms with Crippen LogP contribution in [0.15, 0.2) is 6.20 Å². The minimum atomic E-state index is 0.486. The predicted octanol–water partition coefficient (Wildman–Crippen LogP) is 1.77. The van der Waals surface area contributed by atoms with Crippen LogP contribution in [-0.2, 0) is 0 Å². The molecule has 1 saturated heterocycles. The summed E-state index contributed by atoms with van der Waals surface area (Å²) >= 11 is 5.94. The van der Waals surface area contributed by atoms with E-state index in [1.165, 1.54) is 12.8 Å². The van der Waals surface area contributed by atoms with E-state index in [9.17, 15) is 0 Å². The van der Waals surface area contributed by atoms with Crippen molar-refractivity contribution >= 4 is 11.6 Å². The molecule has 0 aromatic carbocycles. The van der Waals surface area contributed by atoms with Gasteiger partial charge in [0.05, 0.1) is 16.8 Å². The number of aryl methyl sites for hydroxylation is 1. The fourth-order valence-corrected chi connectivity index (χ4v) is 1.84. The molecular formula is C9H14ClN3. The second-order valence-electron chi connectivity index (χ2n) is 3.54. The summed E-state index contributed by atoms with van der Waals surface area (Å²) < 4.78 is 1.99. The van der Waals surface area contributed by atoms with E-state index < -0.39 is 0 Å². The molecule has 2 heterocycles.